The number of carbonyl (C=O) groups excluding carboxylic acids is 1. The van der Waals surface area contributed by atoms with Gasteiger partial charge in [-0.25, -0.2) is 0 Å². The summed E-state index contributed by atoms with van der Waals surface area (Å²) in [6, 6.07) is 0.492. The van der Waals surface area contributed by atoms with Gasteiger partial charge in [-0.2, -0.15) is 0 Å². The van der Waals surface area contributed by atoms with Crippen LogP contribution in [0.1, 0.15) is 40.0 Å². The average molecular weight is 241 g/mol. The van der Waals surface area contributed by atoms with Crippen molar-refractivity contribution in [3.05, 3.63) is 0 Å². The van der Waals surface area contributed by atoms with Crippen LogP contribution in [0, 0.1) is 5.92 Å². The van der Waals surface area contributed by atoms with Gasteiger partial charge in [-0.05, 0) is 45.7 Å². The molecule has 1 amide bonds. The fourth-order valence-corrected chi connectivity index (χ4v) is 2.55. The van der Waals surface area contributed by atoms with E-state index < -0.39 is 5.54 Å². The Morgan fingerprint density at radius 3 is 2.41 bits per heavy atom. The maximum Gasteiger partial charge on any atom is 0.239 e. The smallest absolute Gasteiger partial charge is 0.239 e. The maximum absolute atomic E-state index is 11.8. The van der Waals surface area contributed by atoms with Crippen molar-refractivity contribution >= 4 is 5.91 Å². The third kappa shape index (κ3) is 2.99. The van der Waals surface area contributed by atoms with Crippen LogP contribution in [-0.4, -0.2) is 42.5 Å². The second kappa shape index (κ2) is 5.83. The second-order valence-corrected chi connectivity index (χ2v) is 5.18. The molecular weight excluding hydrogens is 214 g/mol. The number of amides is 1. The number of nitrogens with one attached hydrogen (secondary N) is 1. The van der Waals surface area contributed by atoms with Crippen molar-refractivity contribution in [3.8, 4) is 0 Å². The summed E-state index contributed by atoms with van der Waals surface area (Å²) in [7, 11) is 1.85. The summed E-state index contributed by atoms with van der Waals surface area (Å²) in [6.45, 7) is 8.21. The average Bonchev–Trinajstić information content (AvgIpc) is 3.14. The molecule has 4 nitrogen and oxygen atoms in total. The Morgan fingerprint density at radius 2 is 2.12 bits per heavy atom. The van der Waals surface area contributed by atoms with Crippen molar-refractivity contribution in [3.63, 3.8) is 0 Å². The van der Waals surface area contributed by atoms with Gasteiger partial charge in [0.1, 0.15) is 5.54 Å². The van der Waals surface area contributed by atoms with Crippen molar-refractivity contribution < 1.29 is 4.79 Å². The van der Waals surface area contributed by atoms with Crippen LogP contribution < -0.4 is 11.1 Å². The van der Waals surface area contributed by atoms with Crippen molar-refractivity contribution in [2.45, 2.75) is 51.6 Å². The number of nitrogens with two attached hydrogens (primary N) is 1. The Labute approximate surface area is 105 Å². The van der Waals surface area contributed by atoms with Crippen LogP contribution >= 0.6 is 0 Å². The lowest BCUT2D eigenvalue weighted by Crippen LogP contribution is -2.63. The largest absolute Gasteiger partial charge is 0.368 e. The molecule has 1 saturated carbocycles. The molecule has 0 aromatic heterocycles. The fourth-order valence-electron chi connectivity index (χ4n) is 2.55. The number of hydrogen-bond donors (Lipinski definition) is 2. The van der Waals surface area contributed by atoms with Crippen LogP contribution in [0.5, 0.6) is 0 Å². The number of hydrogen-bond acceptors (Lipinski definition) is 3. The first-order chi connectivity index (χ1) is 8.01. The molecule has 1 rings (SSSR count). The number of nitrogens with zero attached hydrogens (tertiary/aromatic N) is 1. The standard InChI is InChI=1S/C13H27N3O/c1-5-10(3)16(6-2)9-13(15-4,12(14)17)11-7-8-11/h10-11,15H,5-9H2,1-4H3,(H2,14,17). The van der Waals surface area contributed by atoms with Crippen LogP contribution in [0.4, 0.5) is 0 Å². The molecule has 1 fully saturated rings. The second-order valence-electron chi connectivity index (χ2n) is 5.18. The topological polar surface area (TPSA) is 58.4 Å². The molecule has 0 radical (unpaired) electrons. The minimum absolute atomic E-state index is 0.204. The molecular formula is C13H27N3O. The van der Waals surface area contributed by atoms with Gasteiger partial charge in [0.25, 0.3) is 0 Å². The van der Waals surface area contributed by atoms with Gasteiger partial charge < -0.3 is 11.1 Å². The summed E-state index contributed by atoms with van der Waals surface area (Å²) in [4.78, 5) is 14.2. The molecule has 0 bridgehead atoms. The molecule has 0 aromatic carbocycles. The third-order valence-corrected chi connectivity index (χ3v) is 4.23. The van der Waals surface area contributed by atoms with E-state index in [2.05, 4.69) is 31.0 Å². The molecule has 0 heterocycles. The zero-order valence-corrected chi connectivity index (χ0v) is 11.6. The van der Waals surface area contributed by atoms with E-state index in [1.165, 1.54) is 0 Å². The van der Waals surface area contributed by atoms with Crippen LogP contribution in [0.3, 0.4) is 0 Å². The van der Waals surface area contributed by atoms with Crippen molar-refractivity contribution in [1.29, 1.82) is 0 Å². The highest BCUT2D eigenvalue weighted by Gasteiger charge is 2.49. The molecule has 1 aliphatic carbocycles. The van der Waals surface area contributed by atoms with Crippen LogP contribution in [0.15, 0.2) is 0 Å². The Bertz CT molecular complexity index is 265. The molecule has 0 spiro atoms. The highest BCUT2D eigenvalue weighted by Crippen LogP contribution is 2.40. The molecule has 2 atom stereocenters. The summed E-state index contributed by atoms with van der Waals surface area (Å²) < 4.78 is 0. The van der Waals surface area contributed by atoms with Gasteiger partial charge in [0.05, 0.1) is 0 Å². The Morgan fingerprint density at radius 1 is 1.53 bits per heavy atom. The minimum atomic E-state index is -0.528. The lowest BCUT2D eigenvalue weighted by molar-refractivity contribution is -0.126. The van der Waals surface area contributed by atoms with E-state index in [0.29, 0.717) is 12.0 Å². The maximum atomic E-state index is 11.8. The third-order valence-electron chi connectivity index (χ3n) is 4.23. The van der Waals surface area contributed by atoms with Gasteiger partial charge in [0.15, 0.2) is 0 Å². The minimum Gasteiger partial charge on any atom is -0.368 e. The van der Waals surface area contributed by atoms with E-state index in [1.54, 1.807) is 0 Å². The number of primary amides is 1. The van der Waals surface area contributed by atoms with E-state index >= 15 is 0 Å². The first kappa shape index (κ1) is 14.5. The molecule has 2 unspecified atom stereocenters. The Kier molecular flexibility index (Phi) is 4.95. The van der Waals surface area contributed by atoms with Crippen LogP contribution in [0.2, 0.25) is 0 Å². The predicted octanol–water partition coefficient (Wildman–Crippen LogP) is 0.960. The number of likely N-dealkylation sites (N-methyl/N-ethyl adjacent to an activating group) is 2. The SMILES string of the molecule is CCC(C)N(CC)CC(NC)(C(N)=O)C1CC1. The number of rotatable bonds is 8. The molecule has 100 valence electrons. The summed E-state index contributed by atoms with van der Waals surface area (Å²) in [6.07, 6.45) is 3.32. The monoisotopic (exact) mass is 241 g/mol. The summed E-state index contributed by atoms with van der Waals surface area (Å²) in [5, 5.41) is 3.20. The molecule has 17 heavy (non-hydrogen) atoms. The first-order valence-electron chi connectivity index (χ1n) is 6.74. The van der Waals surface area contributed by atoms with E-state index in [0.717, 1.165) is 32.4 Å². The van der Waals surface area contributed by atoms with Gasteiger partial charge in [-0.15, -0.1) is 0 Å². The lowest BCUT2D eigenvalue weighted by atomic mass is 9.91. The van der Waals surface area contributed by atoms with E-state index in [4.69, 9.17) is 5.73 Å². The van der Waals surface area contributed by atoms with Gasteiger partial charge in [0.2, 0.25) is 5.91 Å². The summed E-state index contributed by atoms with van der Waals surface area (Å²) in [5.41, 5.74) is 5.11. The van der Waals surface area contributed by atoms with E-state index in [-0.39, 0.29) is 5.91 Å². The van der Waals surface area contributed by atoms with E-state index in [1.807, 2.05) is 7.05 Å². The normalized spacial score (nSPS) is 21.2. The zero-order valence-electron chi connectivity index (χ0n) is 11.6. The van der Waals surface area contributed by atoms with Gasteiger partial charge in [-0.1, -0.05) is 13.8 Å². The molecule has 4 heteroatoms. The van der Waals surface area contributed by atoms with E-state index in [9.17, 15) is 4.79 Å². The highest BCUT2D eigenvalue weighted by atomic mass is 16.1. The molecule has 1 aliphatic rings. The van der Waals surface area contributed by atoms with Crippen LogP contribution in [-0.2, 0) is 4.79 Å². The molecule has 0 aromatic rings. The molecule has 0 aliphatic heterocycles. The van der Waals surface area contributed by atoms with Crippen molar-refractivity contribution in [2.24, 2.45) is 11.7 Å². The van der Waals surface area contributed by atoms with Gasteiger partial charge >= 0.3 is 0 Å². The van der Waals surface area contributed by atoms with Gasteiger partial charge in [0, 0.05) is 12.6 Å². The summed E-state index contributed by atoms with van der Waals surface area (Å²) in [5.74, 6) is 0.215. The quantitative estimate of drug-likeness (QED) is 0.665. The van der Waals surface area contributed by atoms with Crippen molar-refractivity contribution in [1.82, 2.24) is 10.2 Å². The summed E-state index contributed by atoms with van der Waals surface area (Å²) >= 11 is 0. The predicted molar refractivity (Wildman–Crippen MR) is 70.7 cm³/mol. The van der Waals surface area contributed by atoms with Crippen molar-refractivity contribution in [2.75, 3.05) is 20.1 Å². The zero-order chi connectivity index (χ0) is 13.1. The first-order valence-corrected chi connectivity index (χ1v) is 6.74. The molecule has 0 saturated heterocycles. The Balaban J connectivity index is 2.80. The van der Waals surface area contributed by atoms with Crippen LogP contribution in [0.25, 0.3) is 0 Å². The number of carbonyl (C=O) groups is 1. The molecule has 3 N–H and O–H groups in total. The lowest BCUT2D eigenvalue weighted by Gasteiger charge is -2.38. The highest BCUT2D eigenvalue weighted by molar-refractivity contribution is 5.86. The van der Waals surface area contributed by atoms with Gasteiger partial charge in [-0.3, -0.25) is 9.69 Å². The fraction of sp³-hybridized carbons (Fsp3) is 0.923. The Hall–Kier alpha value is -0.610.